The summed E-state index contributed by atoms with van der Waals surface area (Å²) in [6, 6.07) is 12.2. The average Bonchev–Trinajstić information content (AvgIpc) is 2.54. The van der Waals surface area contributed by atoms with Crippen LogP contribution in [0.1, 0.15) is 12.5 Å². The van der Waals surface area contributed by atoms with E-state index in [2.05, 4.69) is 15.3 Å². The van der Waals surface area contributed by atoms with Gasteiger partial charge in [-0.25, -0.2) is 4.79 Å². The number of anilines is 1. The number of benzene rings is 2. The van der Waals surface area contributed by atoms with E-state index in [1.165, 1.54) is 6.21 Å². The highest BCUT2D eigenvalue weighted by atomic mass is 35.5. The maximum Gasteiger partial charge on any atom is 0.437 e. The summed E-state index contributed by atoms with van der Waals surface area (Å²) in [5, 5.41) is 6.86. The van der Waals surface area contributed by atoms with Crippen molar-refractivity contribution in [1.82, 2.24) is 0 Å². The van der Waals surface area contributed by atoms with Crippen LogP contribution in [0.5, 0.6) is 5.75 Å². The first-order valence-electron chi connectivity index (χ1n) is 6.71. The van der Waals surface area contributed by atoms with Gasteiger partial charge in [0.2, 0.25) is 0 Å². The molecule has 2 aromatic carbocycles. The van der Waals surface area contributed by atoms with Crippen molar-refractivity contribution >= 4 is 41.2 Å². The van der Waals surface area contributed by atoms with Gasteiger partial charge in [-0.1, -0.05) is 40.5 Å². The summed E-state index contributed by atoms with van der Waals surface area (Å²) in [6.07, 6.45) is 0.715. The fourth-order valence-corrected chi connectivity index (χ4v) is 2.00. The molecule has 0 radical (unpaired) electrons. The lowest BCUT2D eigenvalue weighted by atomic mass is 10.2. The monoisotopic (exact) mass is 352 g/mol. The standard InChI is InChI=1S/C16H14Cl2N2O3/c1-2-19-23-16(21)20-12-5-3-4-11(8-12)10-22-13-6-7-14(17)15(18)9-13/h2-9H,10H2,1H3,(H,20,21). The molecular formula is C16H14Cl2N2O3. The van der Waals surface area contributed by atoms with E-state index in [4.69, 9.17) is 27.9 Å². The van der Waals surface area contributed by atoms with Crippen LogP contribution in [-0.2, 0) is 11.4 Å². The first-order valence-corrected chi connectivity index (χ1v) is 7.47. The third-order valence-corrected chi connectivity index (χ3v) is 3.45. The van der Waals surface area contributed by atoms with Crippen molar-refractivity contribution in [3.05, 3.63) is 58.1 Å². The summed E-state index contributed by atoms with van der Waals surface area (Å²) in [5.41, 5.74) is 1.45. The van der Waals surface area contributed by atoms with Crippen LogP contribution in [0.25, 0.3) is 0 Å². The second-order valence-corrected chi connectivity index (χ2v) is 5.25. The molecule has 0 unspecified atom stereocenters. The van der Waals surface area contributed by atoms with Gasteiger partial charge in [0.15, 0.2) is 0 Å². The first kappa shape index (κ1) is 17.1. The van der Waals surface area contributed by atoms with Gasteiger partial charge in [-0.3, -0.25) is 10.2 Å². The number of oxime groups is 1. The minimum atomic E-state index is -0.661. The number of hydrogen-bond donors (Lipinski definition) is 1. The van der Waals surface area contributed by atoms with E-state index in [-0.39, 0.29) is 0 Å². The molecule has 0 saturated heterocycles. The summed E-state index contributed by atoms with van der Waals surface area (Å²) < 4.78 is 5.64. The average molecular weight is 353 g/mol. The molecule has 0 heterocycles. The quantitative estimate of drug-likeness (QED) is 0.461. The Balaban J connectivity index is 1.96. The van der Waals surface area contributed by atoms with Crippen molar-refractivity contribution in [2.24, 2.45) is 5.16 Å². The number of halogens is 2. The van der Waals surface area contributed by atoms with E-state index < -0.39 is 6.09 Å². The predicted octanol–water partition coefficient (Wildman–Crippen LogP) is 5.13. The Kier molecular flexibility index (Phi) is 6.26. The zero-order chi connectivity index (χ0) is 16.7. The Morgan fingerprint density at radius 2 is 2.04 bits per heavy atom. The molecule has 7 heteroatoms. The SMILES string of the molecule is CC=NOC(=O)Nc1cccc(COc2ccc(Cl)c(Cl)c2)c1. The second-order valence-electron chi connectivity index (χ2n) is 4.43. The van der Waals surface area contributed by atoms with Crippen LogP contribution < -0.4 is 10.1 Å². The Morgan fingerprint density at radius 3 is 2.78 bits per heavy atom. The number of hydrogen-bond acceptors (Lipinski definition) is 4. The lowest BCUT2D eigenvalue weighted by molar-refractivity contribution is 0.167. The molecule has 0 atom stereocenters. The summed E-state index contributed by atoms with van der Waals surface area (Å²) in [7, 11) is 0. The van der Waals surface area contributed by atoms with E-state index >= 15 is 0 Å². The van der Waals surface area contributed by atoms with Gasteiger partial charge in [0.1, 0.15) is 12.4 Å². The molecule has 0 aromatic heterocycles. The molecule has 0 spiro atoms. The largest absolute Gasteiger partial charge is 0.489 e. The molecule has 1 amide bonds. The van der Waals surface area contributed by atoms with Gasteiger partial charge in [-0.05, 0) is 36.8 Å². The van der Waals surface area contributed by atoms with Crippen LogP contribution in [0.4, 0.5) is 10.5 Å². The zero-order valence-electron chi connectivity index (χ0n) is 12.3. The molecule has 0 aliphatic rings. The van der Waals surface area contributed by atoms with Crippen LogP contribution in [-0.4, -0.2) is 12.3 Å². The molecule has 0 bridgehead atoms. The molecular weight excluding hydrogens is 339 g/mol. The molecule has 0 aliphatic carbocycles. The summed E-state index contributed by atoms with van der Waals surface area (Å²) in [6.45, 7) is 1.96. The van der Waals surface area contributed by atoms with E-state index in [0.717, 1.165) is 5.56 Å². The van der Waals surface area contributed by atoms with Crippen LogP contribution in [0.15, 0.2) is 47.6 Å². The molecule has 0 fully saturated rings. The maximum atomic E-state index is 11.4. The van der Waals surface area contributed by atoms with Gasteiger partial charge in [-0.2, -0.15) is 0 Å². The third-order valence-electron chi connectivity index (χ3n) is 2.71. The highest BCUT2D eigenvalue weighted by molar-refractivity contribution is 6.42. The van der Waals surface area contributed by atoms with Crippen molar-refractivity contribution < 1.29 is 14.4 Å². The van der Waals surface area contributed by atoms with Crippen molar-refractivity contribution in [1.29, 1.82) is 0 Å². The van der Waals surface area contributed by atoms with Gasteiger partial charge in [0.25, 0.3) is 0 Å². The Labute approximate surface area is 143 Å². The molecule has 0 saturated carbocycles. The van der Waals surface area contributed by atoms with E-state index in [0.29, 0.717) is 28.1 Å². The molecule has 23 heavy (non-hydrogen) atoms. The first-order chi connectivity index (χ1) is 11.1. The van der Waals surface area contributed by atoms with E-state index in [1.807, 2.05) is 6.07 Å². The number of carbonyl (C=O) groups is 1. The third kappa shape index (κ3) is 5.47. The van der Waals surface area contributed by atoms with Crippen molar-refractivity contribution in [3.8, 4) is 5.75 Å². The molecule has 1 N–H and O–H groups in total. The van der Waals surface area contributed by atoms with Gasteiger partial charge in [0.05, 0.1) is 10.0 Å². The zero-order valence-corrected chi connectivity index (χ0v) is 13.8. The van der Waals surface area contributed by atoms with Crippen molar-refractivity contribution in [2.75, 3.05) is 5.32 Å². The van der Waals surface area contributed by atoms with Gasteiger partial charge >= 0.3 is 6.09 Å². The fourth-order valence-electron chi connectivity index (χ4n) is 1.71. The minimum absolute atomic E-state index is 0.315. The van der Waals surface area contributed by atoms with Crippen LogP contribution in [0, 0.1) is 0 Å². The normalized spacial score (nSPS) is 10.6. The second kappa shape index (κ2) is 8.41. The smallest absolute Gasteiger partial charge is 0.437 e. The number of ether oxygens (including phenoxy) is 1. The summed E-state index contributed by atoms with van der Waals surface area (Å²) in [4.78, 5) is 16.0. The Morgan fingerprint density at radius 1 is 1.22 bits per heavy atom. The van der Waals surface area contributed by atoms with Gasteiger partial charge in [0, 0.05) is 18.0 Å². The minimum Gasteiger partial charge on any atom is -0.489 e. The van der Waals surface area contributed by atoms with Crippen LogP contribution in [0.2, 0.25) is 10.0 Å². The van der Waals surface area contributed by atoms with E-state index in [1.54, 1.807) is 43.3 Å². The van der Waals surface area contributed by atoms with Crippen molar-refractivity contribution in [3.63, 3.8) is 0 Å². The fraction of sp³-hybridized carbons (Fsp3) is 0.125. The number of amides is 1. The maximum absolute atomic E-state index is 11.4. The van der Waals surface area contributed by atoms with Gasteiger partial charge < -0.3 is 4.74 Å². The Hall–Kier alpha value is -2.24. The lowest BCUT2D eigenvalue weighted by Gasteiger charge is -2.09. The molecule has 2 aromatic rings. The van der Waals surface area contributed by atoms with Crippen LogP contribution >= 0.6 is 23.2 Å². The van der Waals surface area contributed by atoms with Crippen molar-refractivity contribution in [2.45, 2.75) is 13.5 Å². The number of nitrogens with one attached hydrogen (secondary N) is 1. The highest BCUT2D eigenvalue weighted by Crippen LogP contribution is 2.26. The number of rotatable bonds is 5. The van der Waals surface area contributed by atoms with Crippen LogP contribution in [0.3, 0.4) is 0 Å². The van der Waals surface area contributed by atoms with E-state index in [9.17, 15) is 4.79 Å². The summed E-state index contributed by atoms with van der Waals surface area (Å²) in [5.74, 6) is 0.606. The Bertz CT molecular complexity index is 720. The molecule has 5 nitrogen and oxygen atoms in total. The highest BCUT2D eigenvalue weighted by Gasteiger charge is 2.05. The number of nitrogens with zero attached hydrogens (tertiary/aromatic N) is 1. The summed E-state index contributed by atoms with van der Waals surface area (Å²) >= 11 is 11.8. The van der Waals surface area contributed by atoms with Gasteiger partial charge in [-0.15, -0.1) is 0 Å². The lowest BCUT2D eigenvalue weighted by Crippen LogP contribution is -2.11. The predicted molar refractivity (Wildman–Crippen MR) is 91.5 cm³/mol. The molecule has 0 aliphatic heterocycles. The topological polar surface area (TPSA) is 59.9 Å². The molecule has 120 valence electrons. The number of carbonyl (C=O) groups excluding carboxylic acids is 1. The molecule has 2 rings (SSSR count).